The highest BCUT2D eigenvalue weighted by Gasteiger charge is 2.46. The molecule has 0 aromatic heterocycles. The van der Waals surface area contributed by atoms with E-state index in [1.807, 2.05) is 0 Å². The first-order valence-corrected chi connectivity index (χ1v) is 5.98. The largest absolute Gasteiger partial charge is 0.370 e. The molecule has 3 atom stereocenters. The lowest BCUT2D eigenvalue weighted by atomic mass is 9.73. The van der Waals surface area contributed by atoms with Crippen molar-refractivity contribution >= 4 is 27.5 Å². The minimum absolute atomic E-state index is 0.123. The minimum atomic E-state index is 0.123. The van der Waals surface area contributed by atoms with E-state index < -0.39 is 0 Å². The third-order valence-electron chi connectivity index (χ3n) is 3.16. The molecule has 2 aliphatic rings. The van der Waals surface area contributed by atoms with Crippen LogP contribution in [0.4, 0.5) is 0 Å². The van der Waals surface area contributed by atoms with Gasteiger partial charge in [0.15, 0.2) is 0 Å². The molecular formula is C10H14BrClO. The van der Waals surface area contributed by atoms with E-state index in [-0.39, 0.29) is 16.9 Å². The van der Waals surface area contributed by atoms with Crippen molar-refractivity contribution in [3.63, 3.8) is 0 Å². The molecule has 0 aromatic carbocycles. The third kappa shape index (κ3) is 1.47. The van der Waals surface area contributed by atoms with Gasteiger partial charge in [0, 0.05) is 10.2 Å². The van der Waals surface area contributed by atoms with Crippen LogP contribution in [0.15, 0.2) is 11.6 Å². The van der Waals surface area contributed by atoms with Gasteiger partial charge in [0.25, 0.3) is 0 Å². The number of rotatable bonds is 0. The predicted molar refractivity (Wildman–Crippen MR) is 58.6 cm³/mol. The lowest BCUT2D eigenvalue weighted by Gasteiger charge is -2.42. The smallest absolute Gasteiger partial charge is 0.0815 e. The highest BCUT2D eigenvalue weighted by Crippen LogP contribution is 2.48. The van der Waals surface area contributed by atoms with Gasteiger partial charge < -0.3 is 4.74 Å². The fourth-order valence-electron chi connectivity index (χ4n) is 2.04. The Bertz CT molecular complexity index is 249. The molecular weight excluding hydrogens is 251 g/mol. The summed E-state index contributed by atoms with van der Waals surface area (Å²) in [6, 6.07) is 0. The fraction of sp³-hybridized carbons (Fsp3) is 0.800. The molecule has 0 N–H and O–H groups in total. The normalized spacial score (nSPS) is 42.8. The minimum Gasteiger partial charge on any atom is -0.370 e. The first-order chi connectivity index (χ1) is 6.03. The van der Waals surface area contributed by atoms with Gasteiger partial charge >= 0.3 is 0 Å². The van der Waals surface area contributed by atoms with Crippen LogP contribution in [0.25, 0.3) is 0 Å². The van der Waals surface area contributed by atoms with Crippen LogP contribution in [0.3, 0.4) is 0 Å². The molecule has 0 spiro atoms. The average molecular weight is 266 g/mol. The summed E-state index contributed by atoms with van der Waals surface area (Å²) in [7, 11) is 0. The Morgan fingerprint density at radius 3 is 3.00 bits per heavy atom. The predicted octanol–water partition coefficient (Wildman–Crippen LogP) is 3.11. The van der Waals surface area contributed by atoms with Crippen molar-refractivity contribution < 1.29 is 4.74 Å². The van der Waals surface area contributed by atoms with Crippen LogP contribution < -0.4 is 0 Å². The summed E-state index contributed by atoms with van der Waals surface area (Å²) in [5.74, 6) is 0. The first-order valence-electron chi connectivity index (χ1n) is 4.63. The SMILES string of the molecule is CC1(C)[C@H](Cl)C[C@@H]2OCC=C2[C@@H]1Br. The molecule has 2 rings (SSSR count). The van der Waals surface area contributed by atoms with Gasteiger partial charge in [-0.05, 0) is 17.4 Å². The van der Waals surface area contributed by atoms with E-state index in [1.54, 1.807) is 0 Å². The van der Waals surface area contributed by atoms with E-state index in [1.165, 1.54) is 5.57 Å². The molecule has 1 aliphatic heterocycles. The Labute approximate surface area is 92.6 Å². The van der Waals surface area contributed by atoms with Gasteiger partial charge in [-0.15, -0.1) is 11.6 Å². The number of hydrogen-bond acceptors (Lipinski definition) is 1. The molecule has 0 radical (unpaired) electrons. The van der Waals surface area contributed by atoms with Gasteiger partial charge in [-0.25, -0.2) is 0 Å². The second-order valence-electron chi connectivity index (χ2n) is 4.41. The highest BCUT2D eigenvalue weighted by molar-refractivity contribution is 9.09. The number of fused-ring (bicyclic) bond motifs is 1. The van der Waals surface area contributed by atoms with Gasteiger partial charge in [0.1, 0.15) is 0 Å². The Kier molecular flexibility index (Phi) is 2.50. The molecule has 1 nitrogen and oxygen atoms in total. The maximum Gasteiger partial charge on any atom is 0.0815 e. The van der Waals surface area contributed by atoms with Crippen LogP contribution >= 0.6 is 27.5 Å². The number of ether oxygens (including phenoxy) is 1. The van der Waals surface area contributed by atoms with Crippen molar-refractivity contribution in [2.24, 2.45) is 5.41 Å². The zero-order valence-corrected chi connectivity index (χ0v) is 10.2. The molecule has 0 saturated heterocycles. The average Bonchev–Trinajstić information content (AvgIpc) is 2.49. The van der Waals surface area contributed by atoms with Gasteiger partial charge in [-0.2, -0.15) is 0 Å². The van der Waals surface area contributed by atoms with Crippen LogP contribution in [0.1, 0.15) is 20.3 Å². The molecule has 1 fully saturated rings. The number of halogens is 2. The summed E-state index contributed by atoms with van der Waals surface area (Å²) in [6.07, 6.45) is 3.40. The second-order valence-corrected chi connectivity index (χ2v) is 5.86. The van der Waals surface area contributed by atoms with E-state index in [9.17, 15) is 0 Å². The van der Waals surface area contributed by atoms with Gasteiger partial charge in [-0.1, -0.05) is 35.9 Å². The first kappa shape index (κ1) is 10.0. The van der Waals surface area contributed by atoms with Crippen LogP contribution in [-0.2, 0) is 4.74 Å². The molecule has 0 amide bonds. The second kappa shape index (κ2) is 3.25. The quantitative estimate of drug-likeness (QED) is 0.483. The van der Waals surface area contributed by atoms with Crippen LogP contribution in [-0.4, -0.2) is 22.9 Å². The fourth-order valence-corrected chi connectivity index (χ4v) is 3.28. The summed E-state index contributed by atoms with van der Waals surface area (Å²) < 4.78 is 5.58. The summed E-state index contributed by atoms with van der Waals surface area (Å²) in [4.78, 5) is 0.365. The van der Waals surface area contributed by atoms with Gasteiger partial charge in [0.2, 0.25) is 0 Å². The van der Waals surface area contributed by atoms with Gasteiger partial charge in [-0.3, -0.25) is 0 Å². The van der Waals surface area contributed by atoms with E-state index in [0.717, 1.165) is 13.0 Å². The number of alkyl halides is 2. The molecule has 0 unspecified atom stereocenters. The summed E-state index contributed by atoms with van der Waals surface area (Å²) in [5.41, 5.74) is 1.51. The van der Waals surface area contributed by atoms with E-state index in [4.69, 9.17) is 16.3 Å². The molecule has 1 heterocycles. The van der Waals surface area contributed by atoms with Crippen molar-refractivity contribution in [3.8, 4) is 0 Å². The molecule has 1 saturated carbocycles. The summed E-state index contributed by atoms with van der Waals surface area (Å²) in [6.45, 7) is 5.17. The van der Waals surface area contributed by atoms with E-state index in [2.05, 4.69) is 35.9 Å². The van der Waals surface area contributed by atoms with Crippen LogP contribution in [0.2, 0.25) is 0 Å². The maximum absolute atomic E-state index is 6.33. The van der Waals surface area contributed by atoms with Crippen LogP contribution in [0, 0.1) is 5.41 Å². The lowest BCUT2D eigenvalue weighted by Crippen LogP contribution is -2.44. The maximum atomic E-state index is 6.33. The van der Waals surface area contributed by atoms with Crippen molar-refractivity contribution in [2.45, 2.75) is 36.6 Å². The molecule has 74 valence electrons. The Morgan fingerprint density at radius 1 is 1.62 bits per heavy atom. The van der Waals surface area contributed by atoms with Crippen LogP contribution in [0.5, 0.6) is 0 Å². The van der Waals surface area contributed by atoms with E-state index in [0.29, 0.717) is 4.83 Å². The van der Waals surface area contributed by atoms with Crippen molar-refractivity contribution in [3.05, 3.63) is 11.6 Å². The Balaban J connectivity index is 2.28. The summed E-state index contributed by atoms with van der Waals surface area (Å²) >= 11 is 10.1. The van der Waals surface area contributed by atoms with Crippen molar-refractivity contribution in [2.75, 3.05) is 6.61 Å². The monoisotopic (exact) mass is 264 g/mol. The van der Waals surface area contributed by atoms with Crippen molar-refractivity contribution in [1.29, 1.82) is 0 Å². The molecule has 1 aliphatic carbocycles. The highest BCUT2D eigenvalue weighted by atomic mass is 79.9. The molecule has 3 heteroatoms. The zero-order chi connectivity index (χ0) is 9.64. The molecule has 0 aromatic rings. The van der Waals surface area contributed by atoms with Crippen molar-refractivity contribution in [1.82, 2.24) is 0 Å². The summed E-state index contributed by atoms with van der Waals surface area (Å²) in [5, 5.41) is 0.192. The lowest BCUT2D eigenvalue weighted by molar-refractivity contribution is 0.0853. The Morgan fingerprint density at radius 2 is 2.31 bits per heavy atom. The van der Waals surface area contributed by atoms with Gasteiger partial charge in [0.05, 0.1) is 12.7 Å². The standard InChI is InChI=1S/C10H14BrClO/c1-10(2)8(12)5-7-6(9(10)11)3-4-13-7/h3,7-9H,4-5H2,1-2H3/t7-,8+,9-/m0/s1. The zero-order valence-electron chi connectivity index (χ0n) is 7.89. The topological polar surface area (TPSA) is 9.23 Å². The third-order valence-corrected chi connectivity index (χ3v) is 5.61. The molecule has 0 bridgehead atoms. The Hall–Kier alpha value is 0.470. The van der Waals surface area contributed by atoms with E-state index >= 15 is 0 Å². The number of hydrogen-bond donors (Lipinski definition) is 0. The molecule has 13 heavy (non-hydrogen) atoms.